The van der Waals surface area contributed by atoms with E-state index in [-0.39, 0.29) is 24.7 Å². The first-order chi connectivity index (χ1) is 9.73. The highest BCUT2D eigenvalue weighted by atomic mass is 16.6. The quantitative estimate of drug-likeness (QED) is 0.837. The first-order valence-electron chi connectivity index (χ1n) is 8.07. The van der Waals surface area contributed by atoms with Crippen molar-refractivity contribution in [3.05, 3.63) is 0 Å². The summed E-state index contributed by atoms with van der Waals surface area (Å²) in [6, 6.07) is 0.689. The molecule has 1 fully saturated rings. The molecule has 0 aromatic carbocycles. The van der Waals surface area contributed by atoms with Gasteiger partial charge >= 0.3 is 6.09 Å². The Labute approximate surface area is 129 Å². The molecule has 2 N–H and O–H groups in total. The van der Waals surface area contributed by atoms with Crippen molar-refractivity contribution in [1.82, 2.24) is 10.2 Å². The van der Waals surface area contributed by atoms with Crippen molar-refractivity contribution in [2.45, 2.75) is 71.6 Å². The van der Waals surface area contributed by atoms with E-state index >= 15 is 0 Å². The van der Waals surface area contributed by atoms with Gasteiger partial charge in [-0.25, -0.2) is 4.79 Å². The third kappa shape index (κ3) is 6.66. The van der Waals surface area contributed by atoms with Crippen molar-refractivity contribution in [1.29, 1.82) is 0 Å². The summed E-state index contributed by atoms with van der Waals surface area (Å²) in [5, 5.41) is 12.8. The molecule has 5 nitrogen and oxygen atoms in total. The smallest absolute Gasteiger partial charge is 0.410 e. The third-order valence-corrected chi connectivity index (χ3v) is 4.02. The van der Waals surface area contributed by atoms with E-state index in [4.69, 9.17) is 4.74 Å². The Morgan fingerprint density at radius 3 is 2.57 bits per heavy atom. The SMILES string of the molecule is CC(CO)C(C)NC1CCCN(C(=O)OC(C)(C)C)CC1. The molecule has 21 heavy (non-hydrogen) atoms. The van der Waals surface area contributed by atoms with Crippen molar-refractivity contribution in [2.24, 2.45) is 5.92 Å². The maximum Gasteiger partial charge on any atom is 0.410 e. The maximum absolute atomic E-state index is 12.1. The van der Waals surface area contributed by atoms with Crippen LogP contribution in [-0.2, 0) is 4.74 Å². The second kappa shape index (κ2) is 7.99. The van der Waals surface area contributed by atoms with Gasteiger partial charge in [0, 0.05) is 31.8 Å². The Balaban J connectivity index is 2.45. The van der Waals surface area contributed by atoms with Crippen LogP contribution in [0.4, 0.5) is 4.79 Å². The molecule has 0 radical (unpaired) electrons. The van der Waals surface area contributed by atoms with Gasteiger partial charge in [-0.3, -0.25) is 0 Å². The zero-order valence-electron chi connectivity index (χ0n) is 14.2. The second-order valence-electron chi connectivity index (χ2n) is 7.21. The van der Waals surface area contributed by atoms with Crippen LogP contribution < -0.4 is 5.32 Å². The number of aliphatic hydroxyl groups excluding tert-OH is 1. The standard InChI is InChI=1S/C16H32N2O3/c1-12(11-19)13(2)17-14-7-6-9-18(10-8-14)15(20)21-16(3,4)5/h12-14,17,19H,6-11H2,1-5H3. The lowest BCUT2D eigenvalue weighted by Gasteiger charge is -2.27. The predicted octanol–water partition coefficient (Wildman–Crippen LogP) is 2.38. The summed E-state index contributed by atoms with van der Waals surface area (Å²) < 4.78 is 5.44. The Kier molecular flexibility index (Phi) is 6.94. The van der Waals surface area contributed by atoms with Crippen LogP contribution in [0, 0.1) is 5.92 Å². The summed E-state index contributed by atoms with van der Waals surface area (Å²) in [6.45, 7) is 11.5. The molecule has 0 aliphatic carbocycles. The fourth-order valence-electron chi connectivity index (χ4n) is 2.47. The van der Waals surface area contributed by atoms with E-state index in [1.54, 1.807) is 0 Å². The van der Waals surface area contributed by atoms with Gasteiger partial charge in [0.05, 0.1) is 0 Å². The predicted molar refractivity (Wildman–Crippen MR) is 84.3 cm³/mol. The van der Waals surface area contributed by atoms with Crippen LogP contribution in [0.1, 0.15) is 53.9 Å². The van der Waals surface area contributed by atoms with Gasteiger partial charge in [-0.2, -0.15) is 0 Å². The molecular formula is C16H32N2O3. The number of carbonyl (C=O) groups excluding carboxylic acids is 1. The Morgan fingerprint density at radius 1 is 1.33 bits per heavy atom. The normalized spacial score (nSPS) is 23.3. The fourth-order valence-corrected chi connectivity index (χ4v) is 2.47. The van der Waals surface area contributed by atoms with E-state index in [1.165, 1.54) is 0 Å². The molecule has 0 bridgehead atoms. The van der Waals surface area contributed by atoms with E-state index in [0.29, 0.717) is 6.04 Å². The molecule has 0 aromatic rings. The largest absolute Gasteiger partial charge is 0.444 e. The van der Waals surface area contributed by atoms with Crippen LogP contribution in [-0.4, -0.2) is 53.5 Å². The minimum absolute atomic E-state index is 0.199. The van der Waals surface area contributed by atoms with Crippen molar-refractivity contribution < 1.29 is 14.6 Å². The van der Waals surface area contributed by atoms with Crippen molar-refractivity contribution in [3.63, 3.8) is 0 Å². The molecule has 0 aromatic heterocycles. The molecular weight excluding hydrogens is 268 g/mol. The van der Waals surface area contributed by atoms with Gasteiger partial charge in [-0.1, -0.05) is 6.92 Å². The average Bonchev–Trinajstić information content (AvgIpc) is 2.61. The van der Waals surface area contributed by atoms with Crippen LogP contribution >= 0.6 is 0 Å². The summed E-state index contributed by atoms with van der Waals surface area (Å²) in [4.78, 5) is 13.9. The fraction of sp³-hybridized carbons (Fsp3) is 0.938. The second-order valence-corrected chi connectivity index (χ2v) is 7.21. The lowest BCUT2D eigenvalue weighted by Crippen LogP contribution is -2.42. The van der Waals surface area contributed by atoms with Crippen molar-refractivity contribution in [3.8, 4) is 0 Å². The van der Waals surface area contributed by atoms with E-state index in [9.17, 15) is 9.90 Å². The number of ether oxygens (including phenoxy) is 1. The highest BCUT2D eigenvalue weighted by molar-refractivity contribution is 5.68. The van der Waals surface area contributed by atoms with Crippen LogP contribution in [0.3, 0.4) is 0 Å². The summed E-state index contributed by atoms with van der Waals surface area (Å²) >= 11 is 0. The van der Waals surface area contributed by atoms with Gasteiger partial charge < -0.3 is 20.1 Å². The molecule has 1 amide bonds. The maximum atomic E-state index is 12.1. The lowest BCUT2D eigenvalue weighted by molar-refractivity contribution is 0.0256. The van der Waals surface area contributed by atoms with Gasteiger partial charge in [-0.05, 0) is 52.9 Å². The summed E-state index contributed by atoms with van der Waals surface area (Å²) in [7, 11) is 0. The number of nitrogens with one attached hydrogen (secondary N) is 1. The highest BCUT2D eigenvalue weighted by Crippen LogP contribution is 2.16. The summed E-state index contributed by atoms with van der Waals surface area (Å²) in [5.41, 5.74) is -0.438. The van der Waals surface area contributed by atoms with Crippen molar-refractivity contribution in [2.75, 3.05) is 19.7 Å². The molecule has 0 spiro atoms. The molecule has 1 heterocycles. The molecule has 3 atom stereocenters. The van der Waals surface area contributed by atoms with Crippen LogP contribution in [0.5, 0.6) is 0 Å². The number of carbonyl (C=O) groups is 1. The summed E-state index contributed by atoms with van der Waals surface area (Å²) in [5.74, 6) is 0.246. The number of rotatable bonds is 4. The van der Waals surface area contributed by atoms with E-state index in [2.05, 4.69) is 12.2 Å². The number of aliphatic hydroxyl groups is 1. The Bertz CT molecular complexity index is 328. The van der Waals surface area contributed by atoms with Gasteiger partial charge in [0.15, 0.2) is 0 Å². The molecule has 0 saturated carbocycles. The zero-order valence-corrected chi connectivity index (χ0v) is 14.2. The minimum Gasteiger partial charge on any atom is -0.444 e. The first-order valence-corrected chi connectivity index (χ1v) is 8.07. The number of amides is 1. The van der Waals surface area contributed by atoms with E-state index < -0.39 is 5.60 Å². The highest BCUT2D eigenvalue weighted by Gasteiger charge is 2.26. The monoisotopic (exact) mass is 300 g/mol. The molecule has 1 saturated heterocycles. The Morgan fingerprint density at radius 2 is 2.00 bits per heavy atom. The van der Waals surface area contributed by atoms with Crippen LogP contribution in [0.2, 0.25) is 0 Å². The van der Waals surface area contributed by atoms with E-state index in [0.717, 1.165) is 32.4 Å². The first kappa shape index (κ1) is 18.2. The number of nitrogens with zero attached hydrogens (tertiary/aromatic N) is 1. The summed E-state index contributed by atoms with van der Waals surface area (Å²) in [6.07, 6.45) is 2.76. The average molecular weight is 300 g/mol. The molecule has 5 heteroatoms. The van der Waals surface area contributed by atoms with Gasteiger partial charge in [0.2, 0.25) is 0 Å². The number of hydrogen-bond donors (Lipinski definition) is 2. The van der Waals surface area contributed by atoms with Gasteiger partial charge in [-0.15, -0.1) is 0 Å². The van der Waals surface area contributed by atoms with Crippen molar-refractivity contribution >= 4 is 6.09 Å². The molecule has 1 aliphatic heterocycles. The number of likely N-dealkylation sites (tertiary alicyclic amines) is 1. The van der Waals surface area contributed by atoms with Crippen LogP contribution in [0.15, 0.2) is 0 Å². The molecule has 3 unspecified atom stereocenters. The molecule has 1 rings (SSSR count). The Hall–Kier alpha value is -0.810. The molecule has 1 aliphatic rings. The van der Waals surface area contributed by atoms with Gasteiger partial charge in [0.1, 0.15) is 5.60 Å². The topological polar surface area (TPSA) is 61.8 Å². The number of hydrogen-bond acceptors (Lipinski definition) is 4. The van der Waals surface area contributed by atoms with E-state index in [1.807, 2.05) is 32.6 Å². The third-order valence-electron chi connectivity index (χ3n) is 4.02. The minimum atomic E-state index is -0.438. The lowest BCUT2D eigenvalue weighted by atomic mass is 10.0. The molecule has 124 valence electrons. The zero-order chi connectivity index (χ0) is 16.0. The van der Waals surface area contributed by atoms with Gasteiger partial charge in [0.25, 0.3) is 0 Å². The van der Waals surface area contributed by atoms with Crippen LogP contribution in [0.25, 0.3) is 0 Å².